The number of amides is 2. The van der Waals surface area contributed by atoms with Crippen LogP contribution >= 0.6 is 0 Å². The van der Waals surface area contributed by atoms with Crippen molar-refractivity contribution >= 4 is 17.7 Å². The molecule has 0 saturated heterocycles. The lowest BCUT2D eigenvalue weighted by atomic mass is 9.97. The SMILES string of the molecule is COC(=O)N1CCc2c(cncc2C(=O)Nc2cnc(C)nc2)C1. The summed E-state index contributed by atoms with van der Waals surface area (Å²) < 4.78 is 4.74. The van der Waals surface area contributed by atoms with E-state index in [2.05, 4.69) is 20.3 Å². The van der Waals surface area contributed by atoms with Gasteiger partial charge in [0.1, 0.15) is 5.82 Å². The van der Waals surface area contributed by atoms with Crippen molar-refractivity contribution in [2.24, 2.45) is 0 Å². The Morgan fingerprint density at radius 3 is 2.67 bits per heavy atom. The first-order chi connectivity index (χ1) is 11.6. The van der Waals surface area contributed by atoms with Crippen LogP contribution in [0.5, 0.6) is 0 Å². The van der Waals surface area contributed by atoms with Gasteiger partial charge in [0.15, 0.2) is 0 Å². The molecule has 0 spiro atoms. The Kier molecular flexibility index (Phi) is 4.37. The monoisotopic (exact) mass is 327 g/mol. The van der Waals surface area contributed by atoms with Crippen molar-refractivity contribution in [1.82, 2.24) is 19.9 Å². The highest BCUT2D eigenvalue weighted by molar-refractivity contribution is 6.05. The molecule has 0 fully saturated rings. The van der Waals surface area contributed by atoms with Gasteiger partial charge in [0, 0.05) is 18.9 Å². The van der Waals surface area contributed by atoms with E-state index in [0.717, 1.165) is 11.1 Å². The lowest BCUT2D eigenvalue weighted by Crippen LogP contribution is -2.36. The van der Waals surface area contributed by atoms with Crippen LogP contribution in [0.2, 0.25) is 0 Å². The molecule has 0 aliphatic carbocycles. The second-order valence-electron chi connectivity index (χ2n) is 5.44. The zero-order valence-electron chi connectivity index (χ0n) is 13.4. The molecule has 0 bridgehead atoms. The van der Waals surface area contributed by atoms with E-state index in [4.69, 9.17) is 4.74 Å². The maximum absolute atomic E-state index is 12.5. The number of carbonyl (C=O) groups excluding carboxylic acids is 2. The van der Waals surface area contributed by atoms with Gasteiger partial charge < -0.3 is 15.0 Å². The highest BCUT2D eigenvalue weighted by atomic mass is 16.5. The number of hydrogen-bond acceptors (Lipinski definition) is 6. The Hall–Kier alpha value is -3.03. The minimum atomic E-state index is -0.382. The summed E-state index contributed by atoms with van der Waals surface area (Å²) in [6, 6.07) is 0. The molecule has 124 valence electrons. The molecule has 0 aromatic carbocycles. The summed E-state index contributed by atoms with van der Waals surface area (Å²) in [5.74, 6) is 0.368. The van der Waals surface area contributed by atoms with E-state index in [1.807, 2.05) is 0 Å². The molecule has 3 rings (SSSR count). The third-order valence-corrected chi connectivity index (χ3v) is 3.86. The normalized spacial score (nSPS) is 13.2. The number of pyridine rings is 1. The van der Waals surface area contributed by atoms with E-state index in [1.54, 1.807) is 30.4 Å². The summed E-state index contributed by atoms with van der Waals surface area (Å²) in [4.78, 5) is 38.0. The van der Waals surface area contributed by atoms with Crippen molar-refractivity contribution in [3.05, 3.63) is 47.3 Å². The summed E-state index contributed by atoms with van der Waals surface area (Å²) in [6.45, 7) is 2.65. The van der Waals surface area contributed by atoms with Gasteiger partial charge in [-0.15, -0.1) is 0 Å². The molecule has 8 nitrogen and oxygen atoms in total. The van der Waals surface area contributed by atoms with Crippen molar-refractivity contribution in [2.45, 2.75) is 19.9 Å². The number of rotatable bonds is 2. The predicted molar refractivity (Wildman–Crippen MR) is 85.5 cm³/mol. The van der Waals surface area contributed by atoms with E-state index in [0.29, 0.717) is 36.6 Å². The molecule has 2 amide bonds. The second kappa shape index (κ2) is 6.61. The molecule has 8 heteroatoms. The molecule has 3 heterocycles. The van der Waals surface area contributed by atoms with Crippen LogP contribution in [-0.2, 0) is 17.7 Å². The number of ether oxygens (including phenoxy) is 1. The van der Waals surface area contributed by atoms with Crippen LogP contribution in [0.1, 0.15) is 27.3 Å². The minimum absolute atomic E-state index is 0.265. The maximum atomic E-state index is 12.5. The molecule has 2 aromatic rings. The zero-order chi connectivity index (χ0) is 17.1. The van der Waals surface area contributed by atoms with Gasteiger partial charge in [-0.3, -0.25) is 9.78 Å². The van der Waals surface area contributed by atoms with Crippen molar-refractivity contribution in [1.29, 1.82) is 0 Å². The van der Waals surface area contributed by atoms with Gasteiger partial charge in [0.2, 0.25) is 0 Å². The van der Waals surface area contributed by atoms with E-state index in [1.165, 1.54) is 13.3 Å². The fourth-order valence-electron chi connectivity index (χ4n) is 2.63. The Bertz CT molecular complexity index is 776. The third kappa shape index (κ3) is 3.17. The number of anilines is 1. The molecule has 24 heavy (non-hydrogen) atoms. The Morgan fingerprint density at radius 1 is 1.21 bits per heavy atom. The Labute approximate surface area is 138 Å². The summed E-state index contributed by atoms with van der Waals surface area (Å²) in [5.41, 5.74) is 2.77. The molecule has 0 unspecified atom stereocenters. The van der Waals surface area contributed by atoms with Gasteiger partial charge in [-0.25, -0.2) is 14.8 Å². The van der Waals surface area contributed by atoms with Gasteiger partial charge in [0.05, 0.1) is 37.3 Å². The second-order valence-corrected chi connectivity index (χ2v) is 5.44. The average molecular weight is 327 g/mol. The summed E-state index contributed by atoms with van der Waals surface area (Å²) >= 11 is 0. The van der Waals surface area contributed by atoms with Crippen molar-refractivity contribution in [3.63, 3.8) is 0 Å². The Balaban J connectivity index is 1.81. The lowest BCUT2D eigenvalue weighted by Gasteiger charge is -2.28. The maximum Gasteiger partial charge on any atom is 0.409 e. The van der Waals surface area contributed by atoms with E-state index in [9.17, 15) is 9.59 Å². The van der Waals surface area contributed by atoms with Crippen LogP contribution in [-0.4, -0.2) is 45.5 Å². The average Bonchev–Trinajstić information content (AvgIpc) is 2.61. The lowest BCUT2D eigenvalue weighted by molar-refractivity contribution is 0.102. The van der Waals surface area contributed by atoms with Gasteiger partial charge in [0.25, 0.3) is 5.91 Å². The van der Waals surface area contributed by atoms with E-state index >= 15 is 0 Å². The smallest absolute Gasteiger partial charge is 0.409 e. The van der Waals surface area contributed by atoms with Crippen molar-refractivity contribution in [3.8, 4) is 0 Å². The number of methoxy groups -OCH3 is 1. The van der Waals surface area contributed by atoms with Crippen LogP contribution in [0.25, 0.3) is 0 Å². The van der Waals surface area contributed by atoms with E-state index in [-0.39, 0.29) is 12.0 Å². The van der Waals surface area contributed by atoms with Gasteiger partial charge >= 0.3 is 6.09 Å². The van der Waals surface area contributed by atoms with Crippen LogP contribution < -0.4 is 5.32 Å². The first kappa shape index (κ1) is 15.9. The van der Waals surface area contributed by atoms with E-state index < -0.39 is 0 Å². The molecule has 0 atom stereocenters. The highest BCUT2D eigenvalue weighted by Crippen LogP contribution is 2.22. The molecule has 1 N–H and O–H groups in total. The zero-order valence-corrected chi connectivity index (χ0v) is 13.4. The molecule has 1 aliphatic heterocycles. The quantitative estimate of drug-likeness (QED) is 0.899. The van der Waals surface area contributed by atoms with Crippen LogP contribution in [0.4, 0.5) is 10.5 Å². The number of hydrogen-bond donors (Lipinski definition) is 1. The summed E-state index contributed by atoms with van der Waals surface area (Å²) in [5, 5.41) is 2.77. The standard InChI is InChI=1S/C16H17N5O3/c1-10-18-6-12(7-19-10)20-15(22)14-8-17-5-11-9-21(16(23)24-2)4-3-13(11)14/h5-8H,3-4,9H2,1-2H3,(H,20,22). The van der Waals surface area contributed by atoms with Gasteiger partial charge in [-0.1, -0.05) is 0 Å². The molecule has 0 saturated carbocycles. The number of nitrogens with one attached hydrogen (secondary N) is 1. The summed E-state index contributed by atoms with van der Waals surface area (Å²) in [7, 11) is 1.35. The highest BCUT2D eigenvalue weighted by Gasteiger charge is 2.25. The van der Waals surface area contributed by atoms with Gasteiger partial charge in [-0.2, -0.15) is 0 Å². The first-order valence-corrected chi connectivity index (χ1v) is 7.47. The van der Waals surface area contributed by atoms with Crippen LogP contribution in [0, 0.1) is 6.92 Å². The molecule has 0 radical (unpaired) electrons. The molecular formula is C16H17N5O3. The van der Waals surface area contributed by atoms with Crippen LogP contribution in [0.3, 0.4) is 0 Å². The minimum Gasteiger partial charge on any atom is -0.453 e. The number of aryl methyl sites for hydroxylation is 1. The summed E-state index contributed by atoms with van der Waals surface area (Å²) in [6.07, 6.45) is 6.52. The number of nitrogens with zero attached hydrogens (tertiary/aromatic N) is 4. The Morgan fingerprint density at radius 2 is 1.96 bits per heavy atom. The van der Waals surface area contributed by atoms with Gasteiger partial charge in [-0.05, 0) is 24.5 Å². The fraction of sp³-hybridized carbons (Fsp3) is 0.312. The topological polar surface area (TPSA) is 97.3 Å². The number of fused-ring (bicyclic) bond motifs is 1. The predicted octanol–water partition coefficient (Wildman–Crippen LogP) is 1.56. The number of aromatic nitrogens is 3. The fourth-order valence-corrected chi connectivity index (χ4v) is 2.63. The van der Waals surface area contributed by atoms with Crippen molar-refractivity contribution in [2.75, 3.05) is 19.0 Å². The number of carbonyl (C=O) groups is 2. The third-order valence-electron chi connectivity index (χ3n) is 3.86. The largest absolute Gasteiger partial charge is 0.453 e. The molecule has 2 aromatic heterocycles. The van der Waals surface area contributed by atoms with Crippen molar-refractivity contribution < 1.29 is 14.3 Å². The molecule has 1 aliphatic rings. The first-order valence-electron chi connectivity index (χ1n) is 7.47. The molecular weight excluding hydrogens is 310 g/mol. The van der Waals surface area contributed by atoms with Crippen LogP contribution in [0.15, 0.2) is 24.8 Å².